The highest BCUT2D eigenvalue weighted by molar-refractivity contribution is 4.57. The molecule has 1 atom stereocenters. The van der Waals surface area contributed by atoms with Crippen molar-refractivity contribution < 1.29 is 44.3 Å². The van der Waals surface area contributed by atoms with Gasteiger partial charge in [-0.1, -0.05) is 0 Å². The van der Waals surface area contributed by atoms with E-state index in [-0.39, 0.29) is 0 Å². The lowest BCUT2D eigenvalue weighted by Crippen LogP contribution is -2.32. The van der Waals surface area contributed by atoms with E-state index in [1.54, 1.807) is 0 Å². The predicted molar refractivity (Wildman–Crippen MR) is 29.4 cm³/mol. The topological polar surface area (TPSA) is 9.23 Å². The standard InChI is InChI=1S/C3HF7O.C2H2F2/c4-1(2(5,6)7)11-3(8,9)10;1-2(3)4/h1H;1H2. The van der Waals surface area contributed by atoms with Crippen molar-refractivity contribution in [3.8, 4) is 0 Å². The van der Waals surface area contributed by atoms with Crippen LogP contribution in [0, 0.1) is 0 Å². The first-order valence-corrected chi connectivity index (χ1v) is 2.81. The summed E-state index contributed by atoms with van der Waals surface area (Å²) in [4.78, 5) is 0. The highest BCUT2D eigenvalue weighted by atomic mass is 19.4. The Morgan fingerprint density at radius 2 is 1.27 bits per heavy atom. The van der Waals surface area contributed by atoms with Gasteiger partial charge in [0, 0.05) is 0 Å². The molecule has 1 nitrogen and oxygen atoms in total. The smallest absolute Gasteiger partial charge is 0.247 e. The first-order chi connectivity index (χ1) is 6.36. The quantitative estimate of drug-likeness (QED) is 0.643. The fourth-order valence-electron chi connectivity index (χ4n) is 0.184. The summed E-state index contributed by atoms with van der Waals surface area (Å²) < 4.78 is 99.2. The van der Waals surface area contributed by atoms with Crippen LogP contribution in [0.15, 0.2) is 12.7 Å². The zero-order chi connectivity index (χ0) is 12.9. The molecule has 0 aromatic carbocycles. The first kappa shape index (κ1) is 16.5. The maximum absolute atomic E-state index is 11.3. The van der Waals surface area contributed by atoms with E-state index in [1.165, 1.54) is 0 Å². The minimum absolute atomic E-state index is 1.83. The molecule has 0 aromatic rings. The fraction of sp³-hybridized carbons (Fsp3) is 0.600. The lowest BCUT2D eigenvalue weighted by molar-refractivity contribution is -0.403. The van der Waals surface area contributed by atoms with E-state index >= 15 is 0 Å². The SMILES string of the molecule is C=C(F)F.FC(OC(F)(F)F)C(F)(F)F. The van der Waals surface area contributed by atoms with Crippen LogP contribution in [-0.4, -0.2) is 18.9 Å². The second-order valence-electron chi connectivity index (χ2n) is 1.76. The van der Waals surface area contributed by atoms with E-state index in [9.17, 15) is 39.5 Å². The van der Waals surface area contributed by atoms with Crippen molar-refractivity contribution in [1.82, 2.24) is 0 Å². The van der Waals surface area contributed by atoms with Crippen molar-refractivity contribution in [3.05, 3.63) is 12.7 Å². The minimum atomic E-state index is -5.64. The molecular weight excluding hydrogens is 247 g/mol. The average molecular weight is 250 g/mol. The van der Waals surface area contributed by atoms with Gasteiger partial charge in [0.2, 0.25) is 0 Å². The third-order valence-corrected chi connectivity index (χ3v) is 0.494. The van der Waals surface area contributed by atoms with Crippen molar-refractivity contribution in [2.45, 2.75) is 18.9 Å². The third kappa shape index (κ3) is 15.8. The zero-order valence-corrected chi connectivity index (χ0v) is 6.59. The predicted octanol–water partition coefficient (Wildman–Crippen LogP) is 3.78. The van der Waals surface area contributed by atoms with E-state index in [2.05, 4.69) is 6.58 Å². The molecule has 0 amide bonds. The van der Waals surface area contributed by atoms with Gasteiger partial charge in [0.1, 0.15) is 0 Å². The largest absolute Gasteiger partial charge is 0.525 e. The number of alkyl halides is 7. The highest BCUT2D eigenvalue weighted by Gasteiger charge is 2.48. The first-order valence-electron chi connectivity index (χ1n) is 2.81. The molecule has 1 unspecified atom stereocenters. The van der Waals surface area contributed by atoms with Gasteiger partial charge in [-0.3, -0.25) is 0 Å². The fourth-order valence-corrected chi connectivity index (χ4v) is 0.184. The van der Waals surface area contributed by atoms with Gasteiger partial charge in [-0.2, -0.15) is 22.0 Å². The van der Waals surface area contributed by atoms with Gasteiger partial charge >= 0.3 is 18.9 Å². The van der Waals surface area contributed by atoms with Gasteiger partial charge in [-0.15, -0.1) is 13.2 Å². The normalized spacial score (nSPS) is 13.9. The number of rotatable bonds is 1. The van der Waals surface area contributed by atoms with Gasteiger partial charge < -0.3 is 0 Å². The van der Waals surface area contributed by atoms with Crippen LogP contribution in [0.25, 0.3) is 0 Å². The van der Waals surface area contributed by atoms with Crippen LogP contribution in [0.4, 0.5) is 39.5 Å². The van der Waals surface area contributed by atoms with E-state index < -0.39 is 25.0 Å². The molecule has 0 spiro atoms. The van der Waals surface area contributed by atoms with Gasteiger partial charge in [0.15, 0.2) is 0 Å². The third-order valence-electron chi connectivity index (χ3n) is 0.494. The molecule has 0 aliphatic rings. The molecule has 0 radical (unpaired) electrons. The van der Waals surface area contributed by atoms with Crippen LogP contribution < -0.4 is 0 Å². The molecule has 0 fully saturated rings. The summed E-state index contributed by atoms with van der Waals surface area (Å²) in [7, 11) is 0. The Bertz CT molecular complexity index is 188. The van der Waals surface area contributed by atoms with Crippen molar-refractivity contribution >= 4 is 0 Å². The molecule has 0 aromatic heterocycles. The molecule has 0 aliphatic heterocycles. The van der Waals surface area contributed by atoms with Crippen LogP contribution in [0.5, 0.6) is 0 Å². The lowest BCUT2D eigenvalue weighted by Gasteiger charge is -2.14. The highest BCUT2D eigenvalue weighted by Crippen LogP contribution is 2.29. The Kier molecular flexibility index (Phi) is 6.41. The van der Waals surface area contributed by atoms with Crippen molar-refractivity contribution in [2.24, 2.45) is 0 Å². The molecular formula is C5H3F9O. The number of ether oxygens (including phenoxy) is 1. The molecule has 0 saturated heterocycles. The van der Waals surface area contributed by atoms with Gasteiger partial charge in [0.05, 0.1) is 0 Å². The van der Waals surface area contributed by atoms with Gasteiger partial charge in [0.25, 0.3) is 6.08 Å². The Balaban J connectivity index is 0. The van der Waals surface area contributed by atoms with Crippen LogP contribution in [0.3, 0.4) is 0 Å². The summed E-state index contributed by atoms with van der Waals surface area (Å²) in [6.45, 7) is 2.22. The van der Waals surface area contributed by atoms with Crippen LogP contribution in [-0.2, 0) is 4.74 Å². The maximum Gasteiger partial charge on any atom is 0.525 e. The summed E-state index contributed by atoms with van der Waals surface area (Å²) in [5, 5.41) is 0. The molecule has 0 bridgehead atoms. The maximum atomic E-state index is 11.3. The summed E-state index contributed by atoms with van der Waals surface area (Å²) >= 11 is 0. The van der Waals surface area contributed by atoms with E-state index in [0.717, 1.165) is 0 Å². The molecule has 0 heterocycles. The summed E-state index contributed by atoms with van der Waals surface area (Å²) in [6, 6.07) is 0. The molecule has 0 aliphatic carbocycles. The van der Waals surface area contributed by atoms with E-state index in [4.69, 9.17) is 0 Å². The van der Waals surface area contributed by atoms with Crippen molar-refractivity contribution in [3.63, 3.8) is 0 Å². The van der Waals surface area contributed by atoms with E-state index in [0.29, 0.717) is 0 Å². The molecule has 0 rings (SSSR count). The zero-order valence-electron chi connectivity index (χ0n) is 6.59. The lowest BCUT2D eigenvalue weighted by atomic mass is 10.7. The molecule has 10 heteroatoms. The second-order valence-corrected chi connectivity index (χ2v) is 1.76. The molecule has 0 N–H and O–H groups in total. The van der Waals surface area contributed by atoms with Gasteiger partial charge in [-0.25, -0.2) is 9.13 Å². The average Bonchev–Trinajstić information content (AvgIpc) is 1.78. The number of hydrogen-bond donors (Lipinski definition) is 0. The molecule has 0 saturated carbocycles. The van der Waals surface area contributed by atoms with E-state index in [1.807, 2.05) is 4.74 Å². The summed E-state index contributed by atoms with van der Waals surface area (Å²) in [5.74, 6) is 0. The molecule has 15 heavy (non-hydrogen) atoms. The van der Waals surface area contributed by atoms with Crippen LogP contribution >= 0.6 is 0 Å². The number of halogens is 9. The monoisotopic (exact) mass is 250 g/mol. The van der Waals surface area contributed by atoms with Crippen LogP contribution in [0.1, 0.15) is 0 Å². The number of hydrogen-bond acceptors (Lipinski definition) is 1. The van der Waals surface area contributed by atoms with Crippen molar-refractivity contribution in [1.29, 1.82) is 0 Å². The van der Waals surface area contributed by atoms with Crippen molar-refractivity contribution in [2.75, 3.05) is 0 Å². The minimum Gasteiger partial charge on any atom is -0.247 e. The van der Waals surface area contributed by atoms with Crippen LogP contribution in [0.2, 0.25) is 0 Å². The summed E-state index contributed by atoms with van der Waals surface area (Å²) in [5.41, 5.74) is 0. The molecule has 92 valence electrons. The summed E-state index contributed by atoms with van der Waals surface area (Å²) in [6.07, 6.45) is -17.4. The Labute approximate surface area is 77.1 Å². The second kappa shape index (κ2) is 5.83. The Morgan fingerprint density at radius 3 is 1.33 bits per heavy atom. The van der Waals surface area contributed by atoms with Gasteiger partial charge in [-0.05, 0) is 6.58 Å². The Morgan fingerprint density at radius 1 is 1.00 bits per heavy atom. The Hall–Kier alpha value is -0.930.